The maximum Gasteiger partial charge on any atom is 0.127 e. The van der Waals surface area contributed by atoms with Crippen LogP contribution in [0.2, 0.25) is 0 Å². The molecule has 2 aromatic carbocycles. The number of hydrogen-bond donors (Lipinski definition) is 1. The zero-order chi connectivity index (χ0) is 17.2. The fourth-order valence-corrected chi connectivity index (χ4v) is 2.56. The van der Waals surface area contributed by atoms with Gasteiger partial charge >= 0.3 is 0 Å². The zero-order valence-corrected chi connectivity index (χ0v) is 14.5. The van der Waals surface area contributed by atoms with Gasteiger partial charge in [-0.25, -0.2) is 0 Å². The molecular formula is C22H26O2. The van der Waals surface area contributed by atoms with E-state index in [9.17, 15) is 5.11 Å². The lowest BCUT2D eigenvalue weighted by Crippen LogP contribution is -2.17. The van der Waals surface area contributed by atoms with Crippen molar-refractivity contribution in [2.45, 2.75) is 45.6 Å². The minimum absolute atomic E-state index is 0.262. The van der Waals surface area contributed by atoms with Crippen LogP contribution in [0.1, 0.15) is 45.1 Å². The van der Waals surface area contributed by atoms with Crippen molar-refractivity contribution in [3.8, 4) is 23.3 Å². The average molecular weight is 322 g/mol. The number of aliphatic hydroxyl groups is 1. The Hall–Kier alpha value is -2.24. The summed E-state index contributed by atoms with van der Waals surface area (Å²) in [6, 6.07) is 17.3. The molecule has 126 valence electrons. The lowest BCUT2D eigenvalue weighted by atomic mass is 9.93. The molecule has 0 saturated heterocycles. The minimum Gasteiger partial charge on any atom is -0.457 e. The van der Waals surface area contributed by atoms with E-state index in [1.54, 1.807) is 0 Å². The van der Waals surface area contributed by atoms with Gasteiger partial charge in [0, 0.05) is 5.56 Å². The fraction of sp³-hybridized carbons (Fsp3) is 0.364. The summed E-state index contributed by atoms with van der Waals surface area (Å²) >= 11 is 0. The third-order valence-corrected chi connectivity index (χ3v) is 4.10. The van der Waals surface area contributed by atoms with E-state index in [-0.39, 0.29) is 5.92 Å². The summed E-state index contributed by atoms with van der Waals surface area (Å²) in [5.74, 6) is 7.92. The number of aliphatic hydroxyl groups excluding tert-OH is 1. The van der Waals surface area contributed by atoms with E-state index >= 15 is 0 Å². The van der Waals surface area contributed by atoms with E-state index in [0.29, 0.717) is 0 Å². The number of rotatable bonds is 7. The van der Waals surface area contributed by atoms with Crippen molar-refractivity contribution in [3.63, 3.8) is 0 Å². The molecule has 2 aromatic rings. The standard InChI is InChI=1S/C22H26O2/c1-3-5-9-19(4-2)22(23)17-14-18-12-15-21(16-13-18)24-20-10-7-6-8-11-20/h6-8,10-13,15-16,19,22-23H,3-5,9H2,1-2H3. The van der Waals surface area contributed by atoms with Crippen LogP contribution in [-0.4, -0.2) is 11.2 Å². The molecule has 0 amide bonds. The third-order valence-electron chi connectivity index (χ3n) is 4.10. The van der Waals surface area contributed by atoms with Crippen LogP contribution in [0, 0.1) is 17.8 Å². The molecule has 2 nitrogen and oxygen atoms in total. The molecule has 0 aliphatic heterocycles. The van der Waals surface area contributed by atoms with Gasteiger partial charge in [0.05, 0.1) is 0 Å². The average Bonchev–Trinajstić information content (AvgIpc) is 2.62. The summed E-state index contributed by atoms with van der Waals surface area (Å²) in [5.41, 5.74) is 0.889. The Kier molecular flexibility index (Phi) is 7.39. The van der Waals surface area contributed by atoms with E-state index in [0.717, 1.165) is 42.7 Å². The van der Waals surface area contributed by atoms with Crippen LogP contribution in [0.15, 0.2) is 54.6 Å². The van der Waals surface area contributed by atoms with Crippen LogP contribution in [0.4, 0.5) is 0 Å². The third kappa shape index (κ3) is 5.76. The van der Waals surface area contributed by atoms with Crippen LogP contribution in [-0.2, 0) is 0 Å². The molecule has 1 N–H and O–H groups in total. The molecule has 2 rings (SSSR count). The van der Waals surface area contributed by atoms with Gasteiger partial charge in [0.25, 0.3) is 0 Å². The molecular weight excluding hydrogens is 296 g/mol. The molecule has 0 bridgehead atoms. The normalized spacial score (nSPS) is 12.8. The van der Waals surface area contributed by atoms with Gasteiger partial charge in [-0.2, -0.15) is 0 Å². The van der Waals surface area contributed by atoms with Gasteiger partial charge in [-0.05, 0) is 55.2 Å². The molecule has 2 heteroatoms. The van der Waals surface area contributed by atoms with Crippen LogP contribution < -0.4 is 4.74 Å². The molecule has 0 heterocycles. The van der Waals surface area contributed by atoms with Crippen LogP contribution in [0.3, 0.4) is 0 Å². The van der Waals surface area contributed by atoms with Crippen molar-refractivity contribution in [3.05, 3.63) is 60.2 Å². The predicted octanol–water partition coefficient (Wildman–Crippen LogP) is 5.41. The summed E-state index contributed by atoms with van der Waals surface area (Å²) in [5, 5.41) is 10.2. The first-order valence-corrected chi connectivity index (χ1v) is 8.75. The fourth-order valence-electron chi connectivity index (χ4n) is 2.56. The van der Waals surface area contributed by atoms with Crippen molar-refractivity contribution in [1.29, 1.82) is 0 Å². The van der Waals surface area contributed by atoms with Crippen molar-refractivity contribution in [1.82, 2.24) is 0 Å². The predicted molar refractivity (Wildman–Crippen MR) is 99.1 cm³/mol. The Morgan fingerprint density at radius 2 is 1.62 bits per heavy atom. The second-order valence-corrected chi connectivity index (χ2v) is 5.96. The Morgan fingerprint density at radius 1 is 0.958 bits per heavy atom. The van der Waals surface area contributed by atoms with Crippen molar-refractivity contribution < 1.29 is 9.84 Å². The largest absolute Gasteiger partial charge is 0.457 e. The number of hydrogen-bond acceptors (Lipinski definition) is 2. The molecule has 0 radical (unpaired) electrons. The topological polar surface area (TPSA) is 29.5 Å². The Labute approximate surface area is 145 Å². The molecule has 0 aliphatic carbocycles. The van der Waals surface area contributed by atoms with E-state index < -0.39 is 6.10 Å². The number of unbranched alkanes of at least 4 members (excludes halogenated alkanes) is 1. The summed E-state index contributed by atoms with van der Waals surface area (Å²) in [6.07, 6.45) is 3.73. The van der Waals surface area contributed by atoms with Gasteiger partial charge in [0.1, 0.15) is 17.6 Å². The molecule has 2 unspecified atom stereocenters. The Bertz CT molecular complexity index is 650. The summed E-state index contributed by atoms with van der Waals surface area (Å²) in [7, 11) is 0. The SMILES string of the molecule is CCCCC(CC)C(O)C#Cc1ccc(Oc2ccccc2)cc1. The van der Waals surface area contributed by atoms with Crippen molar-refractivity contribution in [2.24, 2.45) is 5.92 Å². The first kappa shape index (κ1) is 18.1. The van der Waals surface area contributed by atoms with Crippen molar-refractivity contribution >= 4 is 0 Å². The number of benzene rings is 2. The van der Waals surface area contributed by atoms with Crippen LogP contribution in [0.25, 0.3) is 0 Å². The Morgan fingerprint density at radius 3 is 2.25 bits per heavy atom. The number of ether oxygens (including phenoxy) is 1. The highest BCUT2D eigenvalue weighted by atomic mass is 16.5. The van der Waals surface area contributed by atoms with Gasteiger partial charge < -0.3 is 9.84 Å². The highest BCUT2D eigenvalue weighted by molar-refractivity contribution is 5.40. The van der Waals surface area contributed by atoms with E-state index in [4.69, 9.17) is 4.74 Å². The maximum atomic E-state index is 10.2. The first-order valence-electron chi connectivity index (χ1n) is 8.75. The van der Waals surface area contributed by atoms with Crippen molar-refractivity contribution in [2.75, 3.05) is 0 Å². The van der Waals surface area contributed by atoms with Crippen LogP contribution in [0.5, 0.6) is 11.5 Å². The highest BCUT2D eigenvalue weighted by Crippen LogP contribution is 2.21. The number of para-hydroxylation sites is 1. The first-order chi connectivity index (χ1) is 11.7. The summed E-state index contributed by atoms with van der Waals surface area (Å²) in [4.78, 5) is 0. The summed E-state index contributed by atoms with van der Waals surface area (Å²) in [6.45, 7) is 4.28. The van der Waals surface area contributed by atoms with Gasteiger partial charge in [0.2, 0.25) is 0 Å². The van der Waals surface area contributed by atoms with Gasteiger partial charge in [0.15, 0.2) is 0 Å². The minimum atomic E-state index is -0.554. The van der Waals surface area contributed by atoms with Crippen LogP contribution >= 0.6 is 0 Å². The zero-order valence-electron chi connectivity index (χ0n) is 14.5. The monoisotopic (exact) mass is 322 g/mol. The smallest absolute Gasteiger partial charge is 0.127 e. The summed E-state index contributed by atoms with van der Waals surface area (Å²) < 4.78 is 5.76. The van der Waals surface area contributed by atoms with Gasteiger partial charge in [-0.3, -0.25) is 0 Å². The molecule has 0 aliphatic rings. The molecule has 0 saturated carbocycles. The molecule has 0 fully saturated rings. The van der Waals surface area contributed by atoms with Gasteiger partial charge in [-0.15, -0.1) is 0 Å². The second kappa shape index (κ2) is 9.80. The molecule has 2 atom stereocenters. The molecule has 0 aromatic heterocycles. The maximum absolute atomic E-state index is 10.2. The molecule has 24 heavy (non-hydrogen) atoms. The van der Waals surface area contributed by atoms with E-state index in [1.165, 1.54) is 0 Å². The van der Waals surface area contributed by atoms with Gasteiger partial charge in [-0.1, -0.05) is 56.7 Å². The molecule has 0 spiro atoms. The lowest BCUT2D eigenvalue weighted by Gasteiger charge is -2.16. The Balaban J connectivity index is 1.96. The van der Waals surface area contributed by atoms with E-state index in [1.807, 2.05) is 54.6 Å². The lowest BCUT2D eigenvalue weighted by molar-refractivity contribution is 0.150. The quantitative estimate of drug-likeness (QED) is 0.691. The highest BCUT2D eigenvalue weighted by Gasteiger charge is 2.14. The second-order valence-electron chi connectivity index (χ2n) is 5.96. The van der Waals surface area contributed by atoms with E-state index in [2.05, 4.69) is 25.7 Å².